The van der Waals surface area contributed by atoms with Crippen LogP contribution in [0.15, 0.2) is 54.7 Å². The van der Waals surface area contributed by atoms with E-state index in [9.17, 15) is 0 Å². The normalized spacial score (nSPS) is 13.1. The molecular weight excluding hydrogens is 276 g/mol. The standard InChI is InChI=1S/C18H16N2O2/c1-4-15(16-7-8-19-20-16)5-2-13(1)11-14-3-6-17-18(12-14)22-10-9-21-17/h1-8,12H,9-11H2,(H,19,20). The molecule has 0 fully saturated rings. The summed E-state index contributed by atoms with van der Waals surface area (Å²) in [6, 6.07) is 16.6. The third kappa shape index (κ3) is 2.55. The molecule has 2 aromatic carbocycles. The quantitative estimate of drug-likeness (QED) is 0.804. The van der Waals surface area contributed by atoms with Gasteiger partial charge in [0, 0.05) is 6.20 Å². The van der Waals surface area contributed by atoms with Crippen molar-refractivity contribution >= 4 is 0 Å². The molecule has 0 spiro atoms. The second-order valence-electron chi connectivity index (χ2n) is 5.32. The molecule has 1 aliphatic rings. The molecule has 1 aliphatic heterocycles. The number of nitrogens with one attached hydrogen (secondary N) is 1. The monoisotopic (exact) mass is 292 g/mol. The lowest BCUT2D eigenvalue weighted by Crippen LogP contribution is -2.15. The van der Waals surface area contributed by atoms with Gasteiger partial charge >= 0.3 is 0 Å². The average molecular weight is 292 g/mol. The van der Waals surface area contributed by atoms with Gasteiger partial charge in [0.05, 0.1) is 5.69 Å². The number of nitrogens with zero attached hydrogens (tertiary/aromatic N) is 1. The second kappa shape index (κ2) is 5.56. The number of fused-ring (bicyclic) bond motifs is 1. The summed E-state index contributed by atoms with van der Waals surface area (Å²) in [4.78, 5) is 0. The summed E-state index contributed by atoms with van der Waals surface area (Å²) in [5, 5.41) is 6.96. The van der Waals surface area contributed by atoms with Crippen molar-refractivity contribution in [3.8, 4) is 22.8 Å². The van der Waals surface area contributed by atoms with Gasteiger partial charge in [0.15, 0.2) is 11.5 Å². The fraction of sp³-hybridized carbons (Fsp3) is 0.167. The largest absolute Gasteiger partial charge is 0.486 e. The van der Waals surface area contributed by atoms with Crippen molar-refractivity contribution in [2.75, 3.05) is 13.2 Å². The van der Waals surface area contributed by atoms with Crippen LogP contribution in [0.5, 0.6) is 11.5 Å². The van der Waals surface area contributed by atoms with Gasteiger partial charge in [0.2, 0.25) is 0 Å². The lowest BCUT2D eigenvalue weighted by atomic mass is 10.0. The average Bonchev–Trinajstić information content (AvgIpc) is 3.10. The number of H-pyrrole nitrogens is 1. The Morgan fingerprint density at radius 1 is 0.864 bits per heavy atom. The van der Waals surface area contributed by atoms with Crippen molar-refractivity contribution < 1.29 is 9.47 Å². The fourth-order valence-electron chi connectivity index (χ4n) is 2.65. The summed E-state index contributed by atoms with van der Waals surface area (Å²) in [6.07, 6.45) is 2.64. The zero-order valence-corrected chi connectivity index (χ0v) is 12.1. The van der Waals surface area contributed by atoms with Crippen molar-refractivity contribution in [3.05, 3.63) is 65.9 Å². The number of benzene rings is 2. The minimum atomic E-state index is 0.620. The van der Waals surface area contributed by atoms with E-state index in [0.717, 1.165) is 29.2 Å². The number of hydrogen-bond acceptors (Lipinski definition) is 3. The molecule has 110 valence electrons. The molecule has 0 radical (unpaired) electrons. The summed E-state index contributed by atoms with van der Waals surface area (Å²) in [5.41, 5.74) is 4.66. The molecule has 0 saturated carbocycles. The lowest BCUT2D eigenvalue weighted by Gasteiger charge is -2.18. The smallest absolute Gasteiger partial charge is 0.161 e. The van der Waals surface area contributed by atoms with Crippen LogP contribution in [0.2, 0.25) is 0 Å². The molecule has 3 aromatic rings. The first-order chi connectivity index (χ1) is 10.9. The van der Waals surface area contributed by atoms with Gasteiger partial charge in [-0.15, -0.1) is 0 Å². The SMILES string of the molecule is c1cc(-c2ccc(Cc3ccc4c(c3)OCCO4)cc2)[nH]n1. The van der Waals surface area contributed by atoms with Gasteiger partial charge in [-0.05, 0) is 41.3 Å². The molecule has 4 rings (SSSR count). The maximum Gasteiger partial charge on any atom is 0.161 e. The van der Waals surface area contributed by atoms with Gasteiger partial charge < -0.3 is 9.47 Å². The van der Waals surface area contributed by atoms with Crippen LogP contribution in [0.25, 0.3) is 11.3 Å². The number of rotatable bonds is 3. The first-order valence-corrected chi connectivity index (χ1v) is 7.36. The molecule has 0 bridgehead atoms. The van der Waals surface area contributed by atoms with E-state index in [2.05, 4.69) is 46.6 Å². The van der Waals surface area contributed by atoms with E-state index in [1.54, 1.807) is 6.20 Å². The van der Waals surface area contributed by atoms with Gasteiger partial charge in [-0.1, -0.05) is 30.3 Å². The Morgan fingerprint density at radius 3 is 2.41 bits per heavy atom. The number of aromatic amines is 1. The number of aromatic nitrogens is 2. The molecular formula is C18H16N2O2. The molecule has 0 saturated heterocycles. The molecule has 4 nitrogen and oxygen atoms in total. The van der Waals surface area contributed by atoms with Crippen molar-refractivity contribution in [1.82, 2.24) is 10.2 Å². The zero-order valence-electron chi connectivity index (χ0n) is 12.1. The van der Waals surface area contributed by atoms with E-state index in [1.165, 1.54) is 11.1 Å². The van der Waals surface area contributed by atoms with E-state index >= 15 is 0 Å². The van der Waals surface area contributed by atoms with Crippen molar-refractivity contribution in [2.45, 2.75) is 6.42 Å². The van der Waals surface area contributed by atoms with E-state index in [4.69, 9.17) is 9.47 Å². The van der Waals surface area contributed by atoms with Crippen LogP contribution >= 0.6 is 0 Å². The van der Waals surface area contributed by atoms with E-state index < -0.39 is 0 Å². The Bertz CT molecular complexity index is 764. The van der Waals surface area contributed by atoms with Crippen LogP contribution in [-0.2, 0) is 6.42 Å². The van der Waals surface area contributed by atoms with Gasteiger partial charge in [-0.3, -0.25) is 5.10 Å². The Hall–Kier alpha value is -2.75. The number of hydrogen-bond donors (Lipinski definition) is 1. The summed E-state index contributed by atoms with van der Waals surface area (Å²) in [6.45, 7) is 1.25. The number of ether oxygens (including phenoxy) is 2. The van der Waals surface area contributed by atoms with Gasteiger partial charge in [-0.2, -0.15) is 5.10 Å². The third-order valence-electron chi connectivity index (χ3n) is 3.78. The summed E-state index contributed by atoms with van der Waals surface area (Å²) in [7, 11) is 0. The predicted molar refractivity (Wildman–Crippen MR) is 84.3 cm³/mol. The molecule has 4 heteroatoms. The minimum absolute atomic E-state index is 0.620. The summed E-state index contributed by atoms with van der Waals surface area (Å²) in [5.74, 6) is 1.68. The fourth-order valence-corrected chi connectivity index (χ4v) is 2.65. The Morgan fingerprint density at radius 2 is 1.64 bits per heavy atom. The van der Waals surface area contributed by atoms with E-state index in [0.29, 0.717) is 13.2 Å². The van der Waals surface area contributed by atoms with E-state index in [1.807, 2.05) is 12.1 Å². The summed E-state index contributed by atoms with van der Waals surface area (Å²) >= 11 is 0. The zero-order chi connectivity index (χ0) is 14.8. The van der Waals surface area contributed by atoms with Crippen LogP contribution in [0, 0.1) is 0 Å². The lowest BCUT2D eigenvalue weighted by molar-refractivity contribution is 0.171. The first-order valence-electron chi connectivity index (χ1n) is 7.36. The second-order valence-corrected chi connectivity index (χ2v) is 5.32. The highest BCUT2D eigenvalue weighted by atomic mass is 16.6. The Balaban J connectivity index is 1.53. The molecule has 0 aliphatic carbocycles. The Kier molecular flexibility index (Phi) is 3.27. The molecule has 1 aromatic heterocycles. The molecule has 0 atom stereocenters. The molecule has 0 unspecified atom stereocenters. The Labute approximate surface area is 128 Å². The minimum Gasteiger partial charge on any atom is -0.486 e. The van der Waals surface area contributed by atoms with Crippen molar-refractivity contribution in [3.63, 3.8) is 0 Å². The molecule has 2 heterocycles. The highest BCUT2D eigenvalue weighted by Gasteiger charge is 2.11. The van der Waals surface area contributed by atoms with Crippen LogP contribution in [0.3, 0.4) is 0 Å². The molecule has 22 heavy (non-hydrogen) atoms. The third-order valence-corrected chi connectivity index (χ3v) is 3.78. The maximum atomic E-state index is 5.63. The van der Waals surface area contributed by atoms with Crippen molar-refractivity contribution in [1.29, 1.82) is 0 Å². The van der Waals surface area contributed by atoms with Gasteiger partial charge in [-0.25, -0.2) is 0 Å². The topological polar surface area (TPSA) is 47.1 Å². The van der Waals surface area contributed by atoms with Gasteiger partial charge in [0.25, 0.3) is 0 Å². The van der Waals surface area contributed by atoms with Crippen LogP contribution in [-0.4, -0.2) is 23.4 Å². The molecule has 1 N–H and O–H groups in total. The first kappa shape index (κ1) is 13.0. The van der Waals surface area contributed by atoms with Gasteiger partial charge in [0.1, 0.15) is 13.2 Å². The van der Waals surface area contributed by atoms with E-state index in [-0.39, 0.29) is 0 Å². The van der Waals surface area contributed by atoms with Crippen molar-refractivity contribution in [2.24, 2.45) is 0 Å². The highest BCUT2D eigenvalue weighted by molar-refractivity contribution is 5.59. The predicted octanol–water partition coefficient (Wildman–Crippen LogP) is 3.44. The highest BCUT2D eigenvalue weighted by Crippen LogP contribution is 2.31. The van der Waals surface area contributed by atoms with Crippen LogP contribution < -0.4 is 9.47 Å². The van der Waals surface area contributed by atoms with Crippen LogP contribution in [0.1, 0.15) is 11.1 Å². The molecule has 0 amide bonds. The summed E-state index contributed by atoms with van der Waals surface area (Å²) < 4.78 is 11.2. The maximum absolute atomic E-state index is 5.63. The van der Waals surface area contributed by atoms with Crippen LogP contribution in [0.4, 0.5) is 0 Å².